The summed E-state index contributed by atoms with van der Waals surface area (Å²) in [6, 6.07) is 22.0. The van der Waals surface area contributed by atoms with Crippen LogP contribution in [-0.2, 0) is 4.79 Å². The zero-order valence-corrected chi connectivity index (χ0v) is 19.4. The number of hydrogen-bond donors (Lipinski definition) is 3. The van der Waals surface area contributed by atoms with Gasteiger partial charge in [0.2, 0.25) is 5.91 Å². The van der Waals surface area contributed by atoms with Gasteiger partial charge in [-0.3, -0.25) is 9.59 Å². The van der Waals surface area contributed by atoms with E-state index in [0.29, 0.717) is 29.5 Å². The third-order valence-corrected chi connectivity index (χ3v) is 4.98. The van der Waals surface area contributed by atoms with Gasteiger partial charge in [-0.05, 0) is 79.9 Å². The van der Waals surface area contributed by atoms with Crippen molar-refractivity contribution in [3.63, 3.8) is 0 Å². The summed E-state index contributed by atoms with van der Waals surface area (Å²) in [7, 11) is 0. The largest absolute Gasteiger partial charge is 0.494 e. The van der Waals surface area contributed by atoms with Gasteiger partial charge in [0.15, 0.2) is 0 Å². The molecular weight excluding hydrogens is 414 g/mol. The molecule has 3 N–H and O–H groups in total. The molecule has 0 aromatic heterocycles. The van der Waals surface area contributed by atoms with Crippen molar-refractivity contribution in [2.24, 2.45) is 5.92 Å². The minimum absolute atomic E-state index is 0.138. The van der Waals surface area contributed by atoms with Crippen molar-refractivity contribution in [1.82, 2.24) is 0 Å². The first-order chi connectivity index (χ1) is 15.9. The predicted molar refractivity (Wildman–Crippen MR) is 134 cm³/mol. The molecule has 3 aromatic carbocycles. The van der Waals surface area contributed by atoms with Crippen molar-refractivity contribution in [2.75, 3.05) is 29.1 Å². The third kappa shape index (κ3) is 8.00. The van der Waals surface area contributed by atoms with E-state index in [1.54, 1.807) is 30.3 Å². The Morgan fingerprint density at radius 3 is 2.12 bits per heavy atom. The molecule has 3 aromatic rings. The zero-order chi connectivity index (χ0) is 23.6. The van der Waals surface area contributed by atoms with Crippen LogP contribution in [0.3, 0.4) is 0 Å². The fourth-order valence-electron chi connectivity index (χ4n) is 3.10. The third-order valence-electron chi connectivity index (χ3n) is 4.98. The fourth-order valence-corrected chi connectivity index (χ4v) is 3.10. The molecule has 0 aliphatic heterocycles. The van der Waals surface area contributed by atoms with E-state index in [1.807, 2.05) is 49.4 Å². The average molecular weight is 446 g/mol. The van der Waals surface area contributed by atoms with Gasteiger partial charge in [-0.2, -0.15) is 0 Å². The molecule has 0 radical (unpaired) electrons. The number of ether oxygens (including phenoxy) is 1. The summed E-state index contributed by atoms with van der Waals surface area (Å²) in [6.45, 7) is 7.11. The number of amides is 2. The van der Waals surface area contributed by atoms with Gasteiger partial charge in [0, 0.05) is 22.6 Å². The van der Waals surface area contributed by atoms with Gasteiger partial charge in [-0.1, -0.05) is 31.5 Å². The van der Waals surface area contributed by atoms with E-state index in [-0.39, 0.29) is 18.4 Å². The number of anilines is 3. The van der Waals surface area contributed by atoms with E-state index in [1.165, 1.54) is 0 Å². The smallest absolute Gasteiger partial charge is 0.255 e. The summed E-state index contributed by atoms with van der Waals surface area (Å²) in [5.41, 5.74) is 3.79. The maximum atomic E-state index is 12.4. The molecule has 0 unspecified atom stereocenters. The first kappa shape index (κ1) is 23.9. The Balaban J connectivity index is 1.43. The highest BCUT2D eigenvalue weighted by Crippen LogP contribution is 2.17. The molecule has 0 atom stereocenters. The number of rotatable bonds is 10. The summed E-state index contributed by atoms with van der Waals surface area (Å²) >= 11 is 0. The highest BCUT2D eigenvalue weighted by atomic mass is 16.5. The van der Waals surface area contributed by atoms with Gasteiger partial charge in [-0.15, -0.1) is 0 Å². The molecule has 6 heteroatoms. The topological polar surface area (TPSA) is 79.5 Å². The van der Waals surface area contributed by atoms with Gasteiger partial charge in [0.05, 0.1) is 13.2 Å². The molecule has 0 aliphatic rings. The molecule has 3 rings (SSSR count). The highest BCUT2D eigenvalue weighted by Gasteiger charge is 2.07. The van der Waals surface area contributed by atoms with Gasteiger partial charge >= 0.3 is 0 Å². The second kappa shape index (κ2) is 11.7. The van der Waals surface area contributed by atoms with Crippen molar-refractivity contribution in [1.29, 1.82) is 0 Å². The molecule has 0 saturated heterocycles. The monoisotopic (exact) mass is 445 g/mol. The zero-order valence-electron chi connectivity index (χ0n) is 19.4. The van der Waals surface area contributed by atoms with Crippen LogP contribution in [0.2, 0.25) is 0 Å². The van der Waals surface area contributed by atoms with E-state index in [0.717, 1.165) is 23.4 Å². The maximum Gasteiger partial charge on any atom is 0.255 e. The number of hydrogen-bond acceptors (Lipinski definition) is 4. The molecular formula is C27H31N3O3. The minimum atomic E-state index is -0.170. The number of nitrogens with one attached hydrogen (secondary N) is 3. The highest BCUT2D eigenvalue weighted by molar-refractivity contribution is 6.04. The molecule has 0 fully saturated rings. The lowest BCUT2D eigenvalue weighted by molar-refractivity contribution is -0.114. The lowest BCUT2D eigenvalue weighted by atomic mass is 10.1. The van der Waals surface area contributed by atoms with Crippen LogP contribution in [0.25, 0.3) is 0 Å². The SMILES string of the molecule is Cc1cccc(C(=O)Nc2ccc(NC(=O)CNc3ccc(OCCC(C)C)cc3)cc2)c1. The Kier molecular flexibility index (Phi) is 8.47. The quantitative estimate of drug-likeness (QED) is 0.373. The van der Waals surface area contributed by atoms with Crippen LogP contribution < -0.4 is 20.7 Å². The van der Waals surface area contributed by atoms with Crippen LogP contribution in [0.5, 0.6) is 5.75 Å². The van der Waals surface area contributed by atoms with Crippen LogP contribution in [0, 0.1) is 12.8 Å². The van der Waals surface area contributed by atoms with E-state index >= 15 is 0 Å². The van der Waals surface area contributed by atoms with E-state index in [9.17, 15) is 9.59 Å². The lowest BCUT2D eigenvalue weighted by Gasteiger charge is -2.11. The molecule has 2 amide bonds. The number of benzene rings is 3. The summed E-state index contributed by atoms with van der Waals surface area (Å²) in [6.07, 6.45) is 1.01. The summed E-state index contributed by atoms with van der Waals surface area (Å²) in [5.74, 6) is 1.10. The molecule has 0 heterocycles. The van der Waals surface area contributed by atoms with E-state index in [2.05, 4.69) is 29.8 Å². The average Bonchev–Trinajstić information content (AvgIpc) is 2.79. The Labute approximate surface area is 195 Å². The summed E-state index contributed by atoms with van der Waals surface area (Å²) in [4.78, 5) is 24.6. The number of carbonyl (C=O) groups excluding carboxylic acids is 2. The molecule has 0 aliphatic carbocycles. The molecule has 0 bridgehead atoms. The Morgan fingerprint density at radius 2 is 1.48 bits per heavy atom. The fraction of sp³-hybridized carbons (Fsp3) is 0.259. The van der Waals surface area contributed by atoms with Gasteiger partial charge in [-0.25, -0.2) is 0 Å². The van der Waals surface area contributed by atoms with Crippen molar-refractivity contribution >= 4 is 28.9 Å². The van der Waals surface area contributed by atoms with Crippen LogP contribution in [0.15, 0.2) is 72.8 Å². The molecule has 6 nitrogen and oxygen atoms in total. The van der Waals surface area contributed by atoms with Gasteiger partial charge < -0.3 is 20.7 Å². The first-order valence-corrected chi connectivity index (χ1v) is 11.1. The summed E-state index contributed by atoms with van der Waals surface area (Å²) < 4.78 is 5.71. The lowest BCUT2D eigenvalue weighted by Crippen LogP contribution is -2.21. The minimum Gasteiger partial charge on any atom is -0.494 e. The predicted octanol–water partition coefficient (Wildman–Crippen LogP) is 5.72. The number of carbonyl (C=O) groups is 2. The van der Waals surface area contributed by atoms with Crippen molar-refractivity contribution in [3.8, 4) is 5.75 Å². The standard InChI is InChI=1S/C27H31N3O3/c1-19(2)15-16-33-25-13-11-22(12-14-25)28-18-26(31)29-23-7-9-24(10-8-23)30-27(32)21-6-4-5-20(3)17-21/h4-14,17,19,28H,15-16,18H2,1-3H3,(H,29,31)(H,30,32). The van der Waals surface area contributed by atoms with Crippen LogP contribution in [0.4, 0.5) is 17.1 Å². The molecule has 33 heavy (non-hydrogen) atoms. The van der Waals surface area contributed by atoms with E-state index < -0.39 is 0 Å². The molecule has 0 saturated carbocycles. The van der Waals surface area contributed by atoms with Gasteiger partial charge in [0.1, 0.15) is 5.75 Å². The normalized spacial score (nSPS) is 10.5. The van der Waals surface area contributed by atoms with Crippen LogP contribution in [-0.4, -0.2) is 25.0 Å². The second-order valence-electron chi connectivity index (χ2n) is 8.36. The number of aryl methyl sites for hydroxylation is 1. The summed E-state index contributed by atoms with van der Waals surface area (Å²) in [5, 5.41) is 8.81. The Hall–Kier alpha value is -3.80. The van der Waals surface area contributed by atoms with Crippen LogP contribution in [0.1, 0.15) is 36.2 Å². The molecule has 172 valence electrons. The van der Waals surface area contributed by atoms with Crippen molar-refractivity contribution in [3.05, 3.63) is 83.9 Å². The first-order valence-electron chi connectivity index (χ1n) is 11.1. The van der Waals surface area contributed by atoms with Crippen LogP contribution >= 0.6 is 0 Å². The van der Waals surface area contributed by atoms with E-state index in [4.69, 9.17) is 4.74 Å². The Morgan fingerprint density at radius 1 is 0.848 bits per heavy atom. The second-order valence-corrected chi connectivity index (χ2v) is 8.36. The van der Waals surface area contributed by atoms with Gasteiger partial charge in [0.25, 0.3) is 5.91 Å². The Bertz CT molecular complexity index is 1060. The molecule has 0 spiro atoms. The van der Waals surface area contributed by atoms with Crippen molar-refractivity contribution in [2.45, 2.75) is 27.2 Å². The maximum absolute atomic E-state index is 12.4. The van der Waals surface area contributed by atoms with Crippen molar-refractivity contribution < 1.29 is 14.3 Å².